The lowest BCUT2D eigenvalue weighted by Crippen LogP contribution is -2.05. The van der Waals surface area contributed by atoms with E-state index < -0.39 is 0 Å². The summed E-state index contributed by atoms with van der Waals surface area (Å²) in [5.74, 6) is 0.195. The van der Waals surface area contributed by atoms with Crippen molar-refractivity contribution in [2.45, 2.75) is 12.3 Å². The van der Waals surface area contributed by atoms with Crippen LogP contribution in [0.1, 0.15) is 23.6 Å². The van der Waals surface area contributed by atoms with Crippen LogP contribution in [0.25, 0.3) is 105 Å². The van der Waals surface area contributed by atoms with Crippen LogP contribution in [-0.2, 0) is 0 Å². The Morgan fingerprint density at radius 2 is 1.06 bits per heavy atom. The van der Waals surface area contributed by atoms with Gasteiger partial charge in [0.15, 0.2) is 0 Å². The van der Waals surface area contributed by atoms with Gasteiger partial charge in [-0.1, -0.05) is 66.8 Å². The Balaban J connectivity index is 0.940. The number of allylic oxidation sites excluding steroid dienone is 4. The third kappa shape index (κ3) is 5.60. The van der Waals surface area contributed by atoms with Crippen molar-refractivity contribution in [3.63, 3.8) is 0 Å². The Bertz CT molecular complexity index is 3840. The summed E-state index contributed by atoms with van der Waals surface area (Å²) in [6.07, 6.45) is 15.0. The molecule has 63 heavy (non-hydrogen) atoms. The molecule has 7 heterocycles. The van der Waals surface area contributed by atoms with Gasteiger partial charge in [0.2, 0.25) is 0 Å². The van der Waals surface area contributed by atoms with Gasteiger partial charge in [-0.25, -0.2) is 0 Å². The minimum atomic E-state index is 0.195. The quantitative estimate of drug-likeness (QED) is 0.167. The Kier molecular flexibility index (Phi) is 7.90. The summed E-state index contributed by atoms with van der Waals surface area (Å²) in [5, 5.41) is 4.31. The van der Waals surface area contributed by atoms with Gasteiger partial charge >= 0.3 is 0 Å². The first kappa shape index (κ1) is 35.3. The molecule has 0 amide bonds. The molecule has 0 aliphatic heterocycles. The molecule has 0 spiro atoms. The molecule has 7 aromatic heterocycles. The molecular weight excluding hydrogens is 773 g/mol. The van der Waals surface area contributed by atoms with E-state index in [9.17, 15) is 0 Å². The largest absolute Gasteiger partial charge is 0.456 e. The van der Waals surface area contributed by atoms with Crippen LogP contribution in [-0.4, -0.2) is 29.1 Å². The van der Waals surface area contributed by atoms with Gasteiger partial charge < -0.3 is 13.6 Å². The van der Waals surface area contributed by atoms with Crippen LogP contribution in [0.2, 0.25) is 0 Å². The van der Waals surface area contributed by atoms with E-state index in [0.717, 1.165) is 112 Å². The second-order valence-electron chi connectivity index (χ2n) is 16.2. The molecule has 7 nitrogen and oxygen atoms in total. The molecule has 7 heteroatoms. The molecule has 12 aromatic rings. The third-order valence-corrected chi connectivity index (χ3v) is 12.7. The highest BCUT2D eigenvalue weighted by molar-refractivity contribution is 6.12. The van der Waals surface area contributed by atoms with Crippen molar-refractivity contribution in [3.05, 3.63) is 212 Å². The van der Waals surface area contributed by atoms with Gasteiger partial charge in [0, 0.05) is 69.2 Å². The maximum Gasteiger partial charge on any atom is 0.135 e. The van der Waals surface area contributed by atoms with E-state index in [-0.39, 0.29) is 5.92 Å². The van der Waals surface area contributed by atoms with Crippen molar-refractivity contribution in [3.8, 4) is 33.8 Å². The van der Waals surface area contributed by atoms with Gasteiger partial charge in [-0.15, -0.1) is 0 Å². The topological polar surface area (TPSA) is 74.6 Å². The highest BCUT2D eigenvalue weighted by atomic mass is 16.3. The van der Waals surface area contributed by atoms with Gasteiger partial charge in [-0.2, -0.15) is 0 Å². The molecule has 1 aliphatic carbocycles. The van der Waals surface area contributed by atoms with Crippen LogP contribution in [0.5, 0.6) is 0 Å². The van der Waals surface area contributed by atoms with Gasteiger partial charge in [0.25, 0.3) is 0 Å². The average Bonchev–Trinajstić information content (AvgIpc) is 4.01. The van der Waals surface area contributed by atoms with Gasteiger partial charge in [-0.3, -0.25) is 19.9 Å². The molecule has 13 rings (SSSR count). The summed E-state index contributed by atoms with van der Waals surface area (Å²) in [6, 6.07) is 55.6. The summed E-state index contributed by atoms with van der Waals surface area (Å²) in [7, 11) is 0. The molecule has 0 N–H and O–H groups in total. The predicted octanol–water partition coefficient (Wildman–Crippen LogP) is 13.8. The molecule has 0 saturated heterocycles. The summed E-state index contributed by atoms with van der Waals surface area (Å²) in [5.41, 5.74) is 17.8. The SMILES string of the molecule is C1=CCC(c2ccc3c(c2)c2ncccc2n3-c2ccc3oc4ccc(-n5c6ccc(-c7ccccc7-c7ccccn7)cc6c6ncccc65)cc4c3c2)C(c2ccccn2)=C1. The fraction of sp³-hybridized carbons (Fsp3) is 0.0357. The molecule has 1 atom stereocenters. The Labute approximate surface area is 361 Å². The molecule has 296 valence electrons. The van der Waals surface area contributed by atoms with Crippen molar-refractivity contribution < 1.29 is 4.42 Å². The van der Waals surface area contributed by atoms with Gasteiger partial charge in [-0.05, 0) is 138 Å². The normalized spacial score (nSPS) is 14.2. The van der Waals surface area contributed by atoms with Crippen molar-refractivity contribution >= 4 is 71.4 Å². The van der Waals surface area contributed by atoms with Crippen molar-refractivity contribution in [1.82, 2.24) is 29.1 Å². The highest BCUT2D eigenvalue weighted by Crippen LogP contribution is 2.42. The van der Waals surface area contributed by atoms with Crippen molar-refractivity contribution in [2.24, 2.45) is 0 Å². The molecule has 0 fully saturated rings. The first-order chi connectivity index (χ1) is 31.2. The van der Waals surface area contributed by atoms with E-state index in [2.05, 4.69) is 160 Å². The first-order valence-electron chi connectivity index (χ1n) is 21.3. The number of rotatable bonds is 6. The number of aromatic nitrogens is 6. The fourth-order valence-corrected chi connectivity index (χ4v) is 9.88. The molecule has 5 aromatic carbocycles. The van der Waals surface area contributed by atoms with E-state index in [1.54, 1.807) is 0 Å². The summed E-state index contributed by atoms with van der Waals surface area (Å²) in [4.78, 5) is 19.3. The van der Waals surface area contributed by atoms with E-state index >= 15 is 0 Å². The number of furan rings is 1. The van der Waals surface area contributed by atoms with E-state index in [0.29, 0.717) is 0 Å². The number of fused-ring (bicyclic) bond motifs is 9. The monoisotopic (exact) mass is 808 g/mol. The minimum Gasteiger partial charge on any atom is -0.456 e. The molecular formula is C56H36N6O. The zero-order chi connectivity index (χ0) is 41.4. The van der Waals surface area contributed by atoms with Crippen LogP contribution >= 0.6 is 0 Å². The zero-order valence-corrected chi connectivity index (χ0v) is 33.9. The van der Waals surface area contributed by atoms with Crippen molar-refractivity contribution in [1.29, 1.82) is 0 Å². The minimum absolute atomic E-state index is 0.195. The standard InChI is InChI=1S/C56H36N6O/c1-3-13-41(47-15-5-7-27-57-47)39(11-1)35-19-23-49-45(31-35)55-51(17-9-29-59-55)61(49)37-21-25-53-43(33-37)44-34-38(22-26-54(44)63-53)62-50-24-20-36(32-46(50)56-52(62)18-10-30-60-56)40-12-2-4-14-42(40)48-16-6-8-28-58-48/h1-11,13-34,40H,12H2. The van der Waals surface area contributed by atoms with Gasteiger partial charge in [0.05, 0.1) is 44.5 Å². The number of pyridine rings is 4. The molecule has 1 aliphatic rings. The Morgan fingerprint density at radius 3 is 1.73 bits per heavy atom. The van der Waals surface area contributed by atoms with E-state index in [1.807, 2.05) is 55.1 Å². The number of hydrogen-bond donors (Lipinski definition) is 0. The maximum atomic E-state index is 6.52. The summed E-state index contributed by atoms with van der Waals surface area (Å²) >= 11 is 0. The van der Waals surface area contributed by atoms with Crippen LogP contribution < -0.4 is 0 Å². The first-order valence-corrected chi connectivity index (χ1v) is 21.3. The van der Waals surface area contributed by atoms with Crippen LogP contribution in [0, 0.1) is 0 Å². The second-order valence-corrected chi connectivity index (χ2v) is 16.2. The zero-order valence-electron chi connectivity index (χ0n) is 33.9. The number of hydrogen-bond acceptors (Lipinski definition) is 5. The molecule has 1 unspecified atom stereocenters. The smallest absolute Gasteiger partial charge is 0.135 e. The second kappa shape index (κ2) is 14.1. The van der Waals surface area contributed by atoms with Crippen molar-refractivity contribution in [2.75, 3.05) is 0 Å². The number of nitrogens with zero attached hydrogens (tertiary/aromatic N) is 6. The molecule has 0 bridgehead atoms. The Hall–Kier alpha value is -8.42. The average molecular weight is 809 g/mol. The fourth-order valence-electron chi connectivity index (χ4n) is 9.88. The third-order valence-electron chi connectivity index (χ3n) is 12.7. The maximum absolute atomic E-state index is 6.52. The molecule has 0 radical (unpaired) electrons. The lowest BCUT2D eigenvalue weighted by Gasteiger charge is -2.22. The van der Waals surface area contributed by atoms with Crippen LogP contribution in [0.3, 0.4) is 0 Å². The molecule has 0 saturated carbocycles. The summed E-state index contributed by atoms with van der Waals surface area (Å²) < 4.78 is 11.2. The predicted molar refractivity (Wildman–Crippen MR) is 255 cm³/mol. The van der Waals surface area contributed by atoms with E-state index in [1.165, 1.54) is 11.1 Å². The lowest BCUT2D eigenvalue weighted by atomic mass is 9.83. The van der Waals surface area contributed by atoms with Gasteiger partial charge in [0.1, 0.15) is 11.2 Å². The van der Waals surface area contributed by atoms with Crippen LogP contribution in [0.15, 0.2) is 205 Å². The number of benzene rings is 5. The summed E-state index contributed by atoms with van der Waals surface area (Å²) in [6.45, 7) is 0. The lowest BCUT2D eigenvalue weighted by molar-refractivity contribution is 0.669. The van der Waals surface area contributed by atoms with Crippen LogP contribution in [0.4, 0.5) is 0 Å². The van der Waals surface area contributed by atoms with E-state index in [4.69, 9.17) is 19.4 Å². The Morgan fingerprint density at radius 1 is 0.460 bits per heavy atom. The highest BCUT2D eigenvalue weighted by Gasteiger charge is 2.23.